The molecule has 0 spiro atoms. The highest BCUT2D eigenvalue weighted by Crippen LogP contribution is 2.22. The van der Waals surface area contributed by atoms with E-state index in [4.69, 9.17) is 10.2 Å². The van der Waals surface area contributed by atoms with Crippen LogP contribution in [0, 0.1) is 6.92 Å². The van der Waals surface area contributed by atoms with Gasteiger partial charge >= 0.3 is 12.0 Å². The number of aliphatic hydroxyl groups is 1. The first-order valence-corrected chi connectivity index (χ1v) is 6.54. The van der Waals surface area contributed by atoms with Gasteiger partial charge in [-0.25, -0.2) is 9.59 Å². The lowest BCUT2D eigenvalue weighted by atomic mass is 10.1. The van der Waals surface area contributed by atoms with Gasteiger partial charge in [-0.15, -0.1) is 0 Å². The first-order chi connectivity index (χ1) is 9.85. The maximum Gasteiger partial charge on any atom is 0.326 e. The third-order valence-corrected chi connectivity index (χ3v) is 2.97. The van der Waals surface area contributed by atoms with Crippen LogP contribution in [0.25, 0.3) is 0 Å². The van der Waals surface area contributed by atoms with Gasteiger partial charge in [0.15, 0.2) is 0 Å². The third kappa shape index (κ3) is 4.96. The number of carboxylic acids is 1. The third-order valence-electron chi connectivity index (χ3n) is 2.97. The number of carboxylic acid groups (broad SMARTS) is 1. The molecule has 0 saturated carbocycles. The summed E-state index contributed by atoms with van der Waals surface area (Å²) in [5, 5.41) is 22.6. The van der Waals surface area contributed by atoms with E-state index in [9.17, 15) is 9.59 Å². The Morgan fingerprint density at radius 3 is 2.52 bits per heavy atom. The Morgan fingerprint density at radius 2 is 2.00 bits per heavy atom. The Kier molecular flexibility index (Phi) is 5.98. The van der Waals surface area contributed by atoms with Crippen molar-refractivity contribution in [2.45, 2.75) is 19.4 Å². The lowest BCUT2D eigenvalue weighted by Gasteiger charge is -2.18. The molecule has 0 saturated heterocycles. The Bertz CT molecular complexity index is 517. The molecule has 0 aliphatic heterocycles. The van der Waals surface area contributed by atoms with Crippen LogP contribution in [0.3, 0.4) is 0 Å². The normalized spacial score (nSPS) is 11.6. The fourth-order valence-electron chi connectivity index (χ4n) is 1.88. The second kappa shape index (κ2) is 7.49. The molecule has 1 atom stereocenters. The van der Waals surface area contributed by atoms with Gasteiger partial charge in [0, 0.05) is 38.5 Å². The van der Waals surface area contributed by atoms with Crippen LogP contribution in [-0.2, 0) is 4.79 Å². The van der Waals surface area contributed by atoms with Crippen molar-refractivity contribution in [3.63, 3.8) is 0 Å². The Hall–Kier alpha value is -2.28. The van der Waals surface area contributed by atoms with Gasteiger partial charge in [-0.3, -0.25) is 0 Å². The molecule has 1 aromatic carbocycles. The summed E-state index contributed by atoms with van der Waals surface area (Å²) in [4.78, 5) is 24.6. The lowest BCUT2D eigenvalue weighted by molar-refractivity contribution is -0.139. The van der Waals surface area contributed by atoms with Crippen molar-refractivity contribution < 1.29 is 19.8 Å². The molecular formula is C14H21N3O4. The summed E-state index contributed by atoms with van der Waals surface area (Å²) < 4.78 is 0. The first kappa shape index (κ1) is 16.8. The standard InChI is InChI=1S/C14H21N3O4/c1-9-4-5-10(8-12(9)17(2)3)15-14(21)16-11(6-7-18)13(19)20/h4-5,8,11,18H,6-7H2,1-3H3,(H,19,20)(H2,15,16,21). The van der Waals surface area contributed by atoms with Crippen LogP contribution in [0.5, 0.6) is 0 Å². The molecule has 0 radical (unpaired) electrons. The van der Waals surface area contributed by atoms with Crippen LogP contribution in [0.2, 0.25) is 0 Å². The van der Waals surface area contributed by atoms with Gasteiger partial charge in [-0.1, -0.05) is 6.07 Å². The van der Waals surface area contributed by atoms with Gasteiger partial charge in [-0.2, -0.15) is 0 Å². The highest BCUT2D eigenvalue weighted by Gasteiger charge is 2.19. The summed E-state index contributed by atoms with van der Waals surface area (Å²) >= 11 is 0. The zero-order valence-electron chi connectivity index (χ0n) is 12.4. The van der Waals surface area contributed by atoms with Crippen LogP contribution < -0.4 is 15.5 Å². The molecule has 1 unspecified atom stereocenters. The molecular weight excluding hydrogens is 274 g/mol. The van der Waals surface area contributed by atoms with Crippen LogP contribution in [0.15, 0.2) is 18.2 Å². The van der Waals surface area contributed by atoms with Crippen molar-refractivity contribution in [2.75, 3.05) is 30.9 Å². The van der Waals surface area contributed by atoms with Crippen LogP contribution in [-0.4, -0.2) is 49.0 Å². The summed E-state index contributed by atoms with van der Waals surface area (Å²) in [6.07, 6.45) is -0.0421. The molecule has 1 rings (SSSR count). The van der Waals surface area contributed by atoms with Gasteiger partial charge in [0.05, 0.1) is 0 Å². The maximum atomic E-state index is 11.8. The van der Waals surface area contributed by atoms with Gasteiger partial charge < -0.3 is 25.7 Å². The van der Waals surface area contributed by atoms with E-state index >= 15 is 0 Å². The van der Waals surface area contributed by atoms with Crippen molar-refractivity contribution in [3.8, 4) is 0 Å². The number of carbonyl (C=O) groups is 2. The molecule has 7 nitrogen and oxygen atoms in total. The summed E-state index contributed by atoms with van der Waals surface area (Å²) in [6, 6.07) is 3.67. The number of nitrogens with zero attached hydrogens (tertiary/aromatic N) is 1. The van der Waals surface area contributed by atoms with E-state index < -0.39 is 18.0 Å². The van der Waals surface area contributed by atoms with Crippen molar-refractivity contribution >= 4 is 23.4 Å². The number of hydrogen-bond donors (Lipinski definition) is 4. The minimum Gasteiger partial charge on any atom is -0.480 e. The predicted octanol–water partition coefficient (Wildman–Crippen LogP) is 1.02. The second-order valence-electron chi connectivity index (χ2n) is 4.90. The lowest BCUT2D eigenvalue weighted by Crippen LogP contribution is -2.43. The minimum absolute atomic E-state index is 0.0421. The highest BCUT2D eigenvalue weighted by molar-refractivity contribution is 5.92. The molecule has 4 N–H and O–H groups in total. The number of rotatable bonds is 6. The van der Waals surface area contributed by atoms with Crippen molar-refractivity contribution in [2.24, 2.45) is 0 Å². The second-order valence-corrected chi connectivity index (χ2v) is 4.90. The molecule has 2 amide bonds. The molecule has 0 aliphatic rings. The molecule has 21 heavy (non-hydrogen) atoms. The first-order valence-electron chi connectivity index (χ1n) is 6.54. The summed E-state index contributed by atoms with van der Waals surface area (Å²) in [5.74, 6) is -1.18. The molecule has 0 aromatic heterocycles. The highest BCUT2D eigenvalue weighted by atomic mass is 16.4. The number of nitrogens with one attached hydrogen (secondary N) is 2. The minimum atomic E-state index is -1.18. The number of hydrogen-bond acceptors (Lipinski definition) is 4. The number of aliphatic carboxylic acids is 1. The van der Waals surface area contributed by atoms with E-state index in [1.165, 1.54) is 0 Å². The SMILES string of the molecule is Cc1ccc(NC(=O)NC(CCO)C(=O)O)cc1N(C)C. The van der Waals surface area contributed by atoms with Crippen molar-refractivity contribution in [1.29, 1.82) is 0 Å². The van der Waals surface area contributed by atoms with E-state index in [0.29, 0.717) is 5.69 Å². The molecule has 116 valence electrons. The van der Waals surface area contributed by atoms with Crippen LogP contribution in [0.4, 0.5) is 16.2 Å². The van der Waals surface area contributed by atoms with Crippen LogP contribution >= 0.6 is 0 Å². The zero-order valence-corrected chi connectivity index (χ0v) is 12.4. The number of benzene rings is 1. The number of aryl methyl sites for hydroxylation is 1. The smallest absolute Gasteiger partial charge is 0.326 e. The average Bonchev–Trinajstić information content (AvgIpc) is 2.40. The molecule has 7 heteroatoms. The number of amides is 2. The Morgan fingerprint density at radius 1 is 1.33 bits per heavy atom. The van der Waals surface area contributed by atoms with E-state index in [0.717, 1.165) is 11.3 Å². The van der Waals surface area contributed by atoms with E-state index in [1.54, 1.807) is 12.1 Å². The Labute approximate surface area is 123 Å². The van der Waals surface area contributed by atoms with Crippen molar-refractivity contribution in [1.82, 2.24) is 5.32 Å². The zero-order chi connectivity index (χ0) is 16.0. The number of urea groups is 1. The van der Waals surface area contributed by atoms with E-state index in [-0.39, 0.29) is 13.0 Å². The van der Waals surface area contributed by atoms with Crippen molar-refractivity contribution in [3.05, 3.63) is 23.8 Å². The molecule has 0 bridgehead atoms. The monoisotopic (exact) mass is 295 g/mol. The topological polar surface area (TPSA) is 102 Å². The summed E-state index contributed by atoms with van der Waals surface area (Å²) in [5.41, 5.74) is 2.59. The van der Waals surface area contributed by atoms with E-state index in [2.05, 4.69) is 10.6 Å². The quantitative estimate of drug-likeness (QED) is 0.627. The van der Waals surface area contributed by atoms with Gasteiger partial charge in [-0.05, 0) is 24.6 Å². The Balaban J connectivity index is 2.74. The molecule has 0 heterocycles. The largest absolute Gasteiger partial charge is 0.480 e. The molecule has 0 aliphatic carbocycles. The fraction of sp³-hybridized carbons (Fsp3) is 0.429. The van der Waals surface area contributed by atoms with Crippen LogP contribution in [0.1, 0.15) is 12.0 Å². The van der Waals surface area contributed by atoms with Gasteiger partial charge in [0.1, 0.15) is 6.04 Å². The fourth-order valence-corrected chi connectivity index (χ4v) is 1.88. The number of anilines is 2. The summed E-state index contributed by atoms with van der Waals surface area (Å²) in [7, 11) is 3.79. The maximum absolute atomic E-state index is 11.8. The molecule has 1 aromatic rings. The number of carbonyl (C=O) groups excluding carboxylic acids is 1. The summed E-state index contributed by atoms with van der Waals surface area (Å²) in [6.45, 7) is 1.65. The number of aliphatic hydroxyl groups excluding tert-OH is 1. The predicted molar refractivity (Wildman–Crippen MR) is 80.8 cm³/mol. The molecule has 0 fully saturated rings. The average molecular weight is 295 g/mol. The van der Waals surface area contributed by atoms with Gasteiger partial charge in [0.2, 0.25) is 0 Å². The van der Waals surface area contributed by atoms with E-state index in [1.807, 2.05) is 32.0 Å². The van der Waals surface area contributed by atoms with Gasteiger partial charge in [0.25, 0.3) is 0 Å².